The van der Waals surface area contributed by atoms with Gasteiger partial charge in [-0.1, -0.05) is 39.0 Å². The van der Waals surface area contributed by atoms with Gasteiger partial charge >= 0.3 is 6.18 Å². The number of piperidine rings is 1. The number of carbonyl (C=O) groups is 1. The van der Waals surface area contributed by atoms with Crippen LogP contribution in [-0.4, -0.2) is 55.2 Å². The number of amides is 1. The molecule has 0 aromatic heterocycles. The van der Waals surface area contributed by atoms with Crippen molar-refractivity contribution in [3.05, 3.63) is 59.7 Å². The van der Waals surface area contributed by atoms with E-state index in [4.69, 9.17) is 0 Å². The molecule has 1 heterocycles. The first-order valence-electron chi connectivity index (χ1n) is 12.6. The van der Waals surface area contributed by atoms with E-state index < -0.39 is 21.8 Å². The van der Waals surface area contributed by atoms with Gasteiger partial charge in [0, 0.05) is 30.9 Å². The molecule has 10 heteroatoms. The number of rotatable bonds is 7. The monoisotopic (exact) mass is 537 g/mol. The van der Waals surface area contributed by atoms with Gasteiger partial charge in [0.15, 0.2) is 0 Å². The highest BCUT2D eigenvalue weighted by molar-refractivity contribution is 7.89. The third kappa shape index (κ3) is 6.72. The molecule has 4 rings (SSSR count). The lowest BCUT2D eigenvalue weighted by Gasteiger charge is -2.37. The van der Waals surface area contributed by atoms with E-state index >= 15 is 0 Å². The molecule has 2 aliphatic rings. The molecule has 1 saturated carbocycles. The Kier molecular flexibility index (Phi) is 7.74. The van der Waals surface area contributed by atoms with E-state index in [1.165, 1.54) is 15.9 Å². The summed E-state index contributed by atoms with van der Waals surface area (Å²) in [4.78, 5) is 14.3. The fraction of sp³-hybridized carbons (Fsp3) is 0.519. The van der Waals surface area contributed by atoms with Gasteiger partial charge in [0.1, 0.15) is 0 Å². The molecule has 2 aromatic carbocycles. The molecule has 1 amide bonds. The van der Waals surface area contributed by atoms with Crippen molar-refractivity contribution in [3.63, 3.8) is 0 Å². The highest BCUT2D eigenvalue weighted by Gasteiger charge is 2.44. The molecule has 1 saturated heterocycles. The van der Waals surface area contributed by atoms with Gasteiger partial charge in [-0.3, -0.25) is 9.69 Å². The summed E-state index contributed by atoms with van der Waals surface area (Å²) in [7, 11) is -4.08. The summed E-state index contributed by atoms with van der Waals surface area (Å²) in [6.07, 6.45) is -2.18. The Morgan fingerprint density at radius 2 is 1.54 bits per heavy atom. The molecular formula is C27H34F3N3O3S. The fourth-order valence-corrected chi connectivity index (χ4v) is 6.74. The maximum absolute atomic E-state index is 13.4. The molecule has 37 heavy (non-hydrogen) atoms. The Morgan fingerprint density at radius 3 is 2.08 bits per heavy atom. The maximum Gasteiger partial charge on any atom is 0.416 e. The van der Waals surface area contributed by atoms with Crippen molar-refractivity contribution in [2.24, 2.45) is 0 Å². The van der Waals surface area contributed by atoms with Crippen LogP contribution in [0, 0.1) is 0 Å². The van der Waals surface area contributed by atoms with Crippen molar-refractivity contribution >= 4 is 21.6 Å². The first kappa shape index (κ1) is 27.6. The van der Waals surface area contributed by atoms with Gasteiger partial charge in [-0.25, -0.2) is 8.42 Å². The number of anilines is 1. The molecule has 1 aliphatic heterocycles. The van der Waals surface area contributed by atoms with Crippen LogP contribution < -0.4 is 5.32 Å². The smallest absolute Gasteiger partial charge is 0.325 e. The first-order valence-corrected chi connectivity index (χ1v) is 14.0. The van der Waals surface area contributed by atoms with E-state index in [9.17, 15) is 26.4 Å². The van der Waals surface area contributed by atoms with Crippen LogP contribution in [-0.2, 0) is 26.4 Å². The number of halogens is 3. The zero-order chi connectivity index (χ0) is 27.0. The molecule has 2 fully saturated rings. The predicted molar refractivity (Wildman–Crippen MR) is 137 cm³/mol. The number of alkyl halides is 3. The van der Waals surface area contributed by atoms with Crippen LogP contribution in [0.1, 0.15) is 57.6 Å². The fourth-order valence-electron chi connectivity index (χ4n) is 4.76. The molecule has 0 bridgehead atoms. The number of sulfonamides is 1. The third-order valence-corrected chi connectivity index (χ3v) is 8.96. The molecule has 0 atom stereocenters. The van der Waals surface area contributed by atoms with Crippen molar-refractivity contribution in [2.75, 3.05) is 25.0 Å². The zero-order valence-corrected chi connectivity index (χ0v) is 22.2. The molecular weight excluding hydrogens is 503 g/mol. The lowest BCUT2D eigenvalue weighted by molar-refractivity contribution is -0.137. The molecule has 1 aliphatic carbocycles. The van der Waals surface area contributed by atoms with E-state index in [2.05, 4.69) is 26.1 Å². The number of benzene rings is 2. The largest absolute Gasteiger partial charge is 0.416 e. The number of nitrogens with one attached hydrogen (secondary N) is 1. The quantitative estimate of drug-likeness (QED) is 0.523. The van der Waals surface area contributed by atoms with E-state index in [0.29, 0.717) is 38.8 Å². The van der Waals surface area contributed by atoms with Crippen LogP contribution in [0.25, 0.3) is 0 Å². The van der Waals surface area contributed by atoms with Gasteiger partial charge < -0.3 is 5.32 Å². The Bertz CT molecular complexity index is 1210. The highest BCUT2D eigenvalue weighted by atomic mass is 32.2. The van der Waals surface area contributed by atoms with Gasteiger partial charge in [-0.15, -0.1) is 0 Å². The highest BCUT2D eigenvalue weighted by Crippen LogP contribution is 2.38. The minimum atomic E-state index is -4.61. The number of likely N-dealkylation sites (tertiary alicyclic amines) is 1. The van der Waals surface area contributed by atoms with Gasteiger partial charge in [0.25, 0.3) is 0 Å². The molecule has 0 unspecified atom stereocenters. The second-order valence-electron chi connectivity index (χ2n) is 11.0. The summed E-state index contributed by atoms with van der Waals surface area (Å²) in [5, 5.41) is 2.91. The summed E-state index contributed by atoms with van der Waals surface area (Å²) in [6, 6.07) is 11.2. The number of carbonyl (C=O) groups excluding carboxylic acids is 1. The van der Waals surface area contributed by atoms with Crippen molar-refractivity contribution in [3.8, 4) is 0 Å². The lowest BCUT2D eigenvalue weighted by Crippen LogP contribution is -2.49. The van der Waals surface area contributed by atoms with Crippen LogP contribution >= 0.6 is 0 Å². The molecule has 1 N–H and O–H groups in total. The van der Waals surface area contributed by atoms with E-state index in [1.54, 1.807) is 0 Å². The van der Waals surface area contributed by atoms with Gasteiger partial charge in [0.05, 0.1) is 17.0 Å². The third-order valence-electron chi connectivity index (χ3n) is 6.96. The SMILES string of the molecule is CC(C)(C)c1ccc(NC(=O)CN2CCC(N(C3CC3)S(=O)(=O)c3cccc(C(F)(F)F)c3)CC2)cc1. The van der Waals surface area contributed by atoms with Crippen LogP contribution in [0.4, 0.5) is 18.9 Å². The molecule has 0 spiro atoms. The zero-order valence-electron chi connectivity index (χ0n) is 21.4. The summed E-state index contributed by atoms with van der Waals surface area (Å²) >= 11 is 0. The average Bonchev–Trinajstić information content (AvgIpc) is 3.64. The lowest BCUT2D eigenvalue weighted by atomic mass is 9.87. The summed E-state index contributed by atoms with van der Waals surface area (Å²) < 4.78 is 67.8. The second-order valence-corrected chi connectivity index (χ2v) is 12.8. The molecule has 0 radical (unpaired) electrons. The Balaban J connectivity index is 1.37. The van der Waals surface area contributed by atoms with Crippen LogP contribution in [0.3, 0.4) is 0 Å². The number of hydrogen-bond acceptors (Lipinski definition) is 4. The molecule has 2 aromatic rings. The van der Waals surface area contributed by atoms with Crippen molar-refractivity contribution < 1.29 is 26.4 Å². The van der Waals surface area contributed by atoms with Crippen LogP contribution in [0.15, 0.2) is 53.4 Å². The molecule has 6 nitrogen and oxygen atoms in total. The summed E-state index contributed by atoms with van der Waals surface area (Å²) in [5.74, 6) is -0.141. The Labute approximate surface area is 216 Å². The normalized spacial score (nSPS) is 18.2. The number of hydrogen-bond donors (Lipinski definition) is 1. The van der Waals surface area contributed by atoms with Gasteiger partial charge in [0.2, 0.25) is 15.9 Å². The Hall–Kier alpha value is -2.43. The van der Waals surface area contributed by atoms with Crippen molar-refractivity contribution in [1.82, 2.24) is 9.21 Å². The first-order chi connectivity index (χ1) is 17.2. The minimum Gasteiger partial charge on any atom is -0.325 e. The van der Waals surface area contributed by atoms with E-state index in [-0.39, 0.29) is 34.8 Å². The Morgan fingerprint density at radius 1 is 0.946 bits per heavy atom. The summed E-state index contributed by atoms with van der Waals surface area (Å²) in [6.45, 7) is 7.63. The van der Waals surface area contributed by atoms with E-state index in [1.807, 2.05) is 29.2 Å². The maximum atomic E-state index is 13.4. The van der Waals surface area contributed by atoms with Crippen molar-refractivity contribution in [2.45, 2.75) is 75.0 Å². The van der Waals surface area contributed by atoms with Crippen molar-refractivity contribution in [1.29, 1.82) is 0 Å². The second kappa shape index (κ2) is 10.4. The molecule has 202 valence electrons. The van der Waals surface area contributed by atoms with E-state index in [0.717, 1.165) is 23.9 Å². The van der Waals surface area contributed by atoms with Gasteiger partial charge in [-0.05, 0) is 67.0 Å². The number of nitrogens with zero attached hydrogens (tertiary/aromatic N) is 2. The average molecular weight is 538 g/mol. The van der Waals surface area contributed by atoms with Crippen LogP contribution in [0.2, 0.25) is 0 Å². The topological polar surface area (TPSA) is 69.7 Å². The van der Waals surface area contributed by atoms with Crippen LogP contribution in [0.5, 0.6) is 0 Å². The summed E-state index contributed by atoms with van der Waals surface area (Å²) in [5.41, 5.74) is 0.946. The minimum absolute atomic E-state index is 0.0237. The van der Waals surface area contributed by atoms with Gasteiger partial charge in [-0.2, -0.15) is 17.5 Å². The predicted octanol–water partition coefficient (Wildman–Crippen LogP) is 5.26. The standard InChI is InChI=1S/C27H34F3N3O3S/c1-26(2,3)19-7-9-21(10-8-19)31-25(34)18-32-15-13-23(14-16-32)33(22-11-12-22)37(35,36)24-6-4-5-20(17-24)27(28,29)30/h4-10,17,22-23H,11-16,18H2,1-3H3,(H,31,34).